The van der Waals surface area contributed by atoms with E-state index in [-0.39, 0.29) is 6.61 Å². The number of ether oxygens (including phenoxy) is 1. The van der Waals surface area contributed by atoms with Crippen molar-refractivity contribution in [3.63, 3.8) is 0 Å². The molecule has 0 unspecified atom stereocenters. The van der Waals surface area contributed by atoms with E-state index in [2.05, 4.69) is 58.6 Å². The first-order chi connectivity index (χ1) is 14.0. The molecular formula is C22H31N5O2. The van der Waals surface area contributed by atoms with Crippen LogP contribution in [0.15, 0.2) is 53.5 Å². The van der Waals surface area contributed by atoms with Crippen molar-refractivity contribution >= 4 is 17.6 Å². The topological polar surface area (TPSA) is 92.0 Å². The minimum absolute atomic E-state index is 0.130. The first kappa shape index (κ1) is 22.1. The first-order valence-corrected chi connectivity index (χ1v) is 9.78. The molecule has 0 bridgehead atoms. The van der Waals surface area contributed by atoms with Gasteiger partial charge in [-0.1, -0.05) is 24.3 Å². The van der Waals surface area contributed by atoms with Gasteiger partial charge in [0.05, 0.1) is 0 Å². The summed E-state index contributed by atoms with van der Waals surface area (Å²) in [6.45, 7) is 7.30. The van der Waals surface area contributed by atoms with Crippen LogP contribution in [0.5, 0.6) is 5.75 Å². The highest BCUT2D eigenvalue weighted by molar-refractivity contribution is 5.79. The normalized spacial score (nSPS) is 11.1. The van der Waals surface area contributed by atoms with E-state index in [0.29, 0.717) is 12.3 Å². The third kappa shape index (κ3) is 7.73. The zero-order chi connectivity index (χ0) is 21.1. The lowest BCUT2D eigenvalue weighted by molar-refractivity contribution is -0.119. The number of amides is 1. The summed E-state index contributed by atoms with van der Waals surface area (Å²) in [5, 5.41) is 6.64. The van der Waals surface area contributed by atoms with E-state index >= 15 is 0 Å². The third-order valence-electron chi connectivity index (χ3n) is 4.39. The molecule has 29 heavy (non-hydrogen) atoms. The van der Waals surface area contributed by atoms with Gasteiger partial charge in [-0.3, -0.25) is 9.79 Å². The Morgan fingerprint density at radius 2 is 1.97 bits per heavy atom. The number of primary amides is 1. The molecule has 0 saturated heterocycles. The van der Waals surface area contributed by atoms with E-state index in [1.54, 1.807) is 13.1 Å². The van der Waals surface area contributed by atoms with Crippen molar-refractivity contribution in [3.05, 3.63) is 59.7 Å². The number of aliphatic imine (C=N–C) groups is 1. The van der Waals surface area contributed by atoms with E-state index in [9.17, 15) is 4.79 Å². The van der Waals surface area contributed by atoms with Gasteiger partial charge in [0.15, 0.2) is 12.6 Å². The molecule has 0 atom stereocenters. The van der Waals surface area contributed by atoms with Crippen LogP contribution in [0.25, 0.3) is 0 Å². The first-order valence-electron chi connectivity index (χ1n) is 9.78. The number of anilines is 1. The predicted octanol–water partition coefficient (Wildman–Crippen LogP) is 2.05. The van der Waals surface area contributed by atoms with E-state index in [1.807, 2.05) is 18.2 Å². The molecule has 0 saturated carbocycles. The van der Waals surface area contributed by atoms with Gasteiger partial charge in [-0.2, -0.15) is 0 Å². The molecule has 2 rings (SSSR count). The Morgan fingerprint density at radius 3 is 2.66 bits per heavy atom. The summed E-state index contributed by atoms with van der Waals surface area (Å²) in [6.07, 6.45) is 0. The van der Waals surface area contributed by atoms with Crippen molar-refractivity contribution in [1.29, 1.82) is 0 Å². The highest BCUT2D eigenvalue weighted by Crippen LogP contribution is 2.15. The van der Waals surface area contributed by atoms with Gasteiger partial charge < -0.3 is 26.0 Å². The number of guanidine groups is 1. The number of hydrogen-bond acceptors (Lipinski definition) is 4. The number of carbonyl (C=O) groups is 1. The number of nitrogens with two attached hydrogens (primary N) is 1. The van der Waals surface area contributed by atoms with Crippen molar-refractivity contribution in [2.45, 2.75) is 20.4 Å². The lowest BCUT2D eigenvalue weighted by Crippen LogP contribution is -2.41. The summed E-state index contributed by atoms with van der Waals surface area (Å²) >= 11 is 0. The Bertz CT molecular complexity index is 822. The summed E-state index contributed by atoms with van der Waals surface area (Å²) in [6, 6.07) is 16.1. The maximum absolute atomic E-state index is 10.8. The van der Waals surface area contributed by atoms with E-state index in [1.165, 1.54) is 11.3 Å². The number of hydrogen-bond donors (Lipinski definition) is 3. The summed E-state index contributed by atoms with van der Waals surface area (Å²) in [4.78, 5) is 17.5. The SMILES string of the molecule is CCN(CCNC(=NC)NCc1cccc(OCC(N)=O)c1)c1cccc(C)c1. The van der Waals surface area contributed by atoms with Gasteiger partial charge in [0.2, 0.25) is 0 Å². The molecule has 7 nitrogen and oxygen atoms in total. The molecular weight excluding hydrogens is 366 g/mol. The zero-order valence-electron chi connectivity index (χ0n) is 17.4. The number of nitrogens with zero attached hydrogens (tertiary/aromatic N) is 2. The van der Waals surface area contributed by atoms with Gasteiger partial charge in [-0.05, 0) is 49.2 Å². The van der Waals surface area contributed by atoms with Crippen LogP contribution in [0, 0.1) is 6.92 Å². The van der Waals surface area contributed by atoms with Crippen LogP contribution < -0.4 is 26.0 Å². The highest BCUT2D eigenvalue weighted by Gasteiger charge is 2.05. The fraction of sp³-hybridized carbons (Fsp3) is 0.364. The molecule has 7 heteroatoms. The fourth-order valence-corrected chi connectivity index (χ4v) is 2.91. The number of carbonyl (C=O) groups excluding carboxylic acids is 1. The van der Waals surface area contributed by atoms with Gasteiger partial charge in [-0.15, -0.1) is 0 Å². The van der Waals surface area contributed by atoms with Crippen LogP contribution in [0.4, 0.5) is 5.69 Å². The van der Waals surface area contributed by atoms with E-state index in [0.717, 1.165) is 31.2 Å². The van der Waals surface area contributed by atoms with Crippen LogP contribution in [-0.4, -0.2) is 45.2 Å². The number of nitrogens with one attached hydrogen (secondary N) is 2. The Kier molecular flexibility index (Phi) is 8.82. The molecule has 1 amide bonds. The predicted molar refractivity (Wildman–Crippen MR) is 118 cm³/mol. The molecule has 0 aliphatic rings. The van der Waals surface area contributed by atoms with Crippen molar-refractivity contribution < 1.29 is 9.53 Å². The van der Waals surface area contributed by atoms with Crippen LogP contribution in [0.2, 0.25) is 0 Å². The molecule has 0 heterocycles. The van der Waals surface area contributed by atoms with Gasteiger partial charge in [0.1, 0.15) is 5.75 Å². The summed E-state index contributed by atoms with van der Waals surface area (Å²) in [7, 11) is 1.75. The van der Waals surface area contributed by atoms with Crippen LogP contribution >= 0.6 is 0 Å². The number of rotatable bonds is 10. The average molecular weight is 398 g/mol. The van der Waals surface area contributed by atoms with Crippen molar-refractivity contribution in [1.82, 2.24) is 10.6 Å². The molecule has 0 fully saturated rings. The maximum Gasteiger partial charge on any atom is 0.255 e. The number of likely N-dealkylation sites (N-methyl/N-ethyl adjacent to an activating group) is 1. The van der Waals surface area contributed by atoms with Gasteiger partial charge in [-0.25, -0.2) is 0 Å². The molecule has 0 radical (unpaired) electrons. The number of benzene rings is 2. The standard InChI is InChI=1S/C22H31N5O2/c1-4-27(19-9-5-7-17(2)13-19)12-11-25-22(24-3)26-15-18-8-6-10-20(14-18)29-16-21(23)28/h5-10,13-14H,4,11-12,15-16H2,1-3H3,(H2,23,28)(H2,24,25,26). The molecule has 0 aromatic heterocycles. The molecule has 2 aromatic carbocycles. The Balaban J connectivity index is 1.82. The highest BCUT2D eigenvalue weighted by atomic mass is 16.5. The maximum atomic E-state index is 10.8. The summed E-state index contributed by atoms with van der Waals surface area (Å²) < 4.78 is 5.34. The van der Waals surface area contributed by atoms with Gasteiger partial charge in [0, 0.05) is 38.9 Å². The second kappa shape index (κ2) is 11.6. The minimum Gasteiger partial charge on any atom is -0.484 e. The average Bonchev–Trinajstić information content (AvgIpc) is 2.72. The molecule has 156 valence electrons. The van der Waals surface area contributed by atoms with Gasteiger partial charge >= 0.3 is 0 Å². The molecule has 0 spiro atoms. The summed E-state index contributed by atoms with van der Waals surface area (Å²) in [5.41, 5.74) is 8.62. The Hall–Kier alpha value is -3.22. The third-order valence-corrected chi connectivity index (χ3v) is 4.39. The Morgan fingerprint density at radius 1 is 1.17 bits per heavy atom. The lowest BCUT2D eigenvalue weighted by atomic mass is 10.2. The van der Waals surface area contributed by atoms with Crippen molar-refractivity contribution in [3.8, 4) is 5.75 Å². The second-order valence-corrected chi connectivity index (χ2v) is 6.67. The van der Waals surface area contributed by atoms with Crippen LogP contribution in [0.3, 0.4) is 0 Å². The van der Waals surface area contributed by atoms with E-state index < -0.39 is 5.91 Å². The largest absolute Gasteiger partial charge is 0.484 e. The second-order valence-electron chi connectivity index (χ2n) is 6.67. The smallest absolute Gasteiger partial charge is 0.255 e. The monoisotopic (exact) mass is 397 g/mol. The van der Waals surface area contributed by atoms with Gasteiger partial charge in [0.25, 0.3) is 5.91 Å². The zero-order valence-corrected chi connectivity index (χ0v) is 17.4. The lowest BCUT2D eigenvalue weighted by Gasteiger charge is -2.24. The Labute approximate surface area is 173 Å². The van der Waals surface area contributed by atoms with Crippen molar-refractivity contribution in [2.75, 3.05) is 38.2 Å². The van der Waals surface area contributed by atoms with E-state index in [4.69, 9.17) is 10.5 Å². The quantitative estimate of drug-likeness (QED) is 0.422. The molecule has 0 aliphatic heterocycles. The summed E-state index contributed by atoms with van der Waals surface area (Å²) in [5.74, 6) is 0.849. The molecule has 2 aromatic rings. The molecule has 0 aliphatic carbocycles. The number of aryl methyl sites for hydroxylation is 1. The van der Waals surface area contributed by atoms with Crippen LogP contribution in [-0.2, 0) is 11.3 Å². The van der Waals surface area contributed by atoms with Crippen LogP contribution in [0.1, 0.15) is 18.1 Å². The minimum atomic E-state index is -0.495. The molecule has 4 N–H and O–H groups in total. The fourth-order valence-electron chi connectivity index (χ4n) is 2.91. The van der Waals surface area contributed by atoms with Crippen molar-refractivity contribution in [2.24, 2.45) is 10.7 Å².